The molecule has 10 heteroatoms. The molecule has 2 saturated heterocycles. The van der Waals surface area contributed by atoms with Gasteiger partial charge < -0.3 is 4.52 Å². The third-order valence-corrected chi connectivity index (χ3v) is 6.79. The van der Waals surface area contributed by atoms with Crippen molar-refractivity contribution >= 4 is 32.9 Å². The molecule has 0 spiro atoms. The summed E-state index contributed by atoms with van der Waals surface area (Å²) >= 11 is 0.956. The Morgan fingerprint density at radius 3 is 2.59 bits per heavy atom. The number of thioether (sulfide) groups is 1. The number of sulfonamides is 1. The van der Waals surface area contributed by atoms with E-state index in [9.17, 15) is 18.0 Å². The molecule has 0 bridgehead atoms. The van der Waals surface area contributed by atoms with Crippen LogP contribution in [-0.2, 0) is 14.8 Å². The molecule has 2 amide bonds. The minimum Gasteiger partial charge on any atom is -0.360 e. The quantitative estimate of drug-likeness (QED) is 0.796. The summed E-state index contributed by atoms with van der Waals surface area (Å²) in [7, 11) is -3.73. The molecule has 0 aromatic carbocycles. The number of hydrogen-bond acceptors (Lipinski definition) is 7. The molecule has 0 radical (unpaired) electrons. The van der Waals surface area contributed by atoms with Gasteiger partial charge in [0, 0.05) is 13.1 Å². The van der Waals surface area contributed by atoms with Crippen LogP contribution >= 0.6 is 11.8 Å². The highest BCUT2D eigenvalue weighted by Crippen LogP contribution is 2.30. The van der Waals surface area contributed by atoms with Gasteiger partial charge in [0.05, 0.1) is 11.8 Å². The number of amides is 2. The van der Waals surface area contributed by atoms with Crippen molar-refractivity contribution in [2.24, 2.45) is 0 Å². The molecule has 1 aromatic rings. The van der Waals surface area contributed by atoms with Gasteiger partial charge in [0.15, 0.2) is 5.76 Å². The van der Waals surface area contributed by atoms with Gasteiger partial charge in [-0.25, -0.2) is 8.42 Å². The molecule has 2 fully saturated rings. The summed E-state index contributed by atoms with van der Waals surface area (Å²) in [5.74, 6) is 0.118. The number of hydrogen-bond donors (Lipinski definition) is 0. The van der Waals surface area contributed by atoms with E-state index in [2.05, 4.69) is 5.16 Å². The summed E-state index contributed by atoms with van der Waals surface area (Å²) in [5.41, 5.74) is 0.310. The van der Waals surface area contributed by atoms with Crippen molar-refractivity contribution in [3.05, 3.63) is 11.5 Å². The van der Waals surface area contributed by atoms with Crippen LogP contribution in [0.1, 0.15) is 17.9 Å². The van der Waals surface area contributed by atoms with Crippen LogP contribution in [0.3, 0.4) is 0 Å². The minimum atomic E-state index is -3.73. The first kappa shape index (κ1) is 15.5. The van der Waals surface area contributed by atoms with Gasteiger partial charge in [-0.3, -0.25) is 14.5 Å². The monoisotopic (exact) mass is 345 g/mol. The topological polar surface area (TPSA) is 101 Å². The predicted octanol–water partition coefficient (Wildman–Crippen LogP) is 0.750. The number of rotatable bonds is 3. The van der Waals surface area contributed by atoms with Crippen LogP contribution in [-0.4, -0.2) is 58.8 Å². The van der Waals surface area contributed by atoms with E-state index in [1.807, 2.05) is 0 Å². The van der Waals surface area contributed by atoms with Gasteiger partial charge in [0.1, 0.15) is 10.6 Å². The maximum absolute atomic E-state index is 12.7. The Balaban J connectivity index is 1.83. The number of aromatic nitrogens is 1. The van der Waals surface area contributed by atoms with E-state index in [4.69, 9.17) is 4.52 Å². The van der Waals surface area contributed by atoms with Gasteiger partial charge in [-0.2, -0.15) is 4.31 Å². The van der Waals surface area contributed by atoms with Crippen LogP contribution in [0, 0.1) is 13.8 Å². The van der Waals surface area contributed by atoms with Crippen molar-refractivity contribution in [1.29, 1.82) is 0 Å². The second kappa shape index (κ2) is 5.36. The number of carbonyl (C=O) groups excluding carboxylic acids is 2. The highest BCUT2D eigenvalue weighted by Gasteiger charge is 2.43. The van der Waals surface area contributed by atoms with Crippen LogP contribution in [0.4, 0.5) is 4.79 Å². The highest BCUT2D eigenvalue weighted by molar-refractivity contribution is 8.14. The molecular weight excluding hydrogens is 330 g/mol. The third kappa shape index (κ3) is 2.34. The molecule has 120 valence electrons. The molecule has 0 unspecified atom stereocenters. The molecule has 2 aliphatic heterocycles. The first-order valence-corrected chi connectivity index (χ1v) is 9.16. The number of nitrogens with zero attached hydrogens (tertiary/aromatic N) is 3. The zero-order valence-electron chi connectivity index (χ0n) is 12.1. The molecule has 1 aromatic heterocycles. The molecule has 0 saturated carbocycles. The second-order valence-corrected chi connectivity index (χ2v) is 8.08. The number of imide groups is 1. The summed E-state index contributed by atoms with van der Waals surface area (Å²) in [6.07, 6.45) is 0.445. The Hall–Kier alpha value is -1.39. The summed E-state index contributed by atoms with van der Waals surface area (Å²) in [6, 6.07) is -0.398. The average molecular weight is 345 g/mol. The van der Waals surface area contributed by atoms with Crippen LogP contribution < -0.4 is 0 Å². The first-order valence-electron chi connectivity index (χ1n) is 6.74. The molecular formula is C12H15N3O5S2. The van der Waals surface area contributed by atoms with E-state index in [1.165, 1.54) is 9.21 Å². The summed E-state index contributed by atoms with van der Waals surface area (Å²) in [5, 5.41) is 3.37. The van der Waals surface area contributed by atoms with Crippen molar-refractivity contribution < 1.29 is 22.5 Å². The SMILES string of the molecule is Cc1noc(C)c1S(=O)(=O)N1CC[C@H](N2C(=O)CSC2=O)C1. The van der Waals surface area contributed by atoms with E-state index in [0.717, 1.165) is 11.8 Å². The molecule has 3 rings (SSSR count). The van der Waals surface area contributed by atoms with E-state index in [0.29, 0.717) is 12.1 Å². The highest BCUT2D eigenvalue weighted by atomic mass is 32.2. The van der Waals surface area contributed by atoms with Gasteiger partial charge >= 0.3 is 0 Å². The van der Waals surface area contributed by atoms with E-state index in [-0.39, 0.29) is 40.6 Å². The zero-order valence-corrected chi connectivity index (χ0v) is 13.7. The van der Waals surface area contributed by atoms with Gasteiger partial charge in [-0.05, 0) is 20.3 Å². The summed E-state index contributed by atoms with van der Waals surface area (Å²) in [4.78, 5) is 24.8. The summed E-state index contributed by atoms with van der Waals surface area (Å²) < 4.78 is 31.6. The lowest BCUT2D eigenvalue weighted by Gasteiger charge is -2.21. The van der Waals surface area contributed by atoms with Crippen LogP contribution in [0.5, 0.6) is 0 Å². The maximum Gasteiger partial charge on any atom is 0.289 e. The average Bonchev–Trinajstić information content (AvgIpc) is 3.11. The Morgan fingerprint density at radius 1 is 1.32 bits per heavy atom. The summed E-state index contributed by atoms with van der Waals surface area (Å²) in [6.45, 7) is 3.49. The van der Waals surface area contributed by atoms with Crippen LogP contribution in [0.25, 0.3) is 0 Å². The van der Waals surface area contributed by atoms with Crippen molar-refractivity contribution in [2.45, 2.75) is 31.2 Å². The molecule has 3 heterocycles. The number of carbonyl (C=O) groups is 2. The lowest BCUT2D eigenvalue weighted by atomic mass is 10.2. The first-order chi connectivity index (χ1) is 10.3. The largest absolute Gasteiger partial charge is 0.360 e. The molecule has 8 nitrogen and oxygen atoms in total. The molecule has 22 heavy (non-hydrogen) atoms. The Labute approximate surface area is 131 Å². The third-order valence-electron chi connectivity index (χ3n) is 3.84. The van der Waals surface area contributed by atoms with E-state index < -0.39 is 16.1 Å². The van der Waals surface area contributed by atoms with Crippen LogP contribution in [0.2, 0.25) is 0 Å². The van der Waals surface area contributed by atoms with Crippen molar-refractivity contribution in [2.75, 3.05) is 18.8 Å². The molecule has 2 aliphatic rings. The standard InChI is InChI=1S/C12H15N3O5S2/c1-7-11(8(2)20-13-7)22(18,19)14-4-3-9(5-14)15-10(16)6-21-12(15)17/h9H,3-6H2,1-2H3/t9-/m0/s1. The van der Waals surface area contributed by atoms with Gasteiger partial charge in [-0.1, -0.05) is 16.9 Å². The number of aryl methyl sites for hydroxylation is 2. The van der Waals surface area contributed by atoms with Gasteiger partial charge in [0.25, 0.3) is 5.24 Å². The zero-order chi connectivity index (χ0) is 16.1. The lowest BCUT2D eigenvalue weighted by Crippen LogP contribution is -2.41. The maximum atomic E-state index is 12.7. The van der Waals surface area contributed by atoms with Crippen molar-refractivity contribution in [1.82, 2.24) is 14.4 Å². The molecule has 0 N–H and O–H groups in total. The van der Waals surface area contributed by atoms with Crippen molar-refractivity contribution in [3.63, 3.8) is 0 Å². The normalized spacial score (nSPS) is 23.7. The second-order valence-electron chi connectivity index (χ2n) is 5.28. The van der Waals surface area contributed by atoms with Gasteiger partial charge in [-0.15, -0.1) is 0 Å². The van der Waals surface area contributed by atoms with E-state index in [1.54, 1.807) is 13.8 Å². The van der Waals surface area contributed by atoms with E-state index >= 15 is 0 Å². The van der Waals surface area contributed by atoms with Crippen molar-refractivity contribution in [3.8, 4) is 0 Å². The Bertz CT molecular complexity index is 706. The fourth-order valence-electron chi connectivity index (χ4n) is 2.83. The fourth-order valence-corrected chi connectivity index (χ4v) is 5.39. The lowest BCUT2D eigenvalue weighted by molar-refractivity contribution is -0.126. The fraction of sp³-hybridized carbons (Fsp3) is 0.583. The molecule has 0 aliphatic carbocycles. The Morgan fingerprint density at radius 2 is 2.05 bits per heavy atom. The van der Waals surface area contributed by atoms with Crippen LogP contribution in [0.15, 0.2) is 9.42 Å². The molecule has 1 atom stereocenters. The van der Waals surface area contributed by atoms with Gasteiger partial charge in [0.2, 0.25) is 15.9 Å². The minimum absolute atomic E-state index is 0.0709. The Kier molecular flexibility index (Phi) is 3.77. The smallest absolute Gasteiger partial charge is 0.289 e. The predicted molar refractivity (Wildman–Crippen MR) is 77.8 cm³/mol.